The van der Waals surface area contributed by atoms with Crippen LogP contribution in [0.15, 0.2) is 18.2 Å². The van der Waals surface area contributed by atoms with Crippen molar-refractivity contribution in [3.8, 4) is 5.75 Å². The highest BCUT2D eigenvalue weighted by Crippen LogP contribution is 2.35. The van der Waals surface area contributed by atoms with Crippen LogP contribution in [0.5, 0.6) is 5.75 Å². The van der Waals surface area contributed by atoms with E-state index in [2.05, 4.69) is 10.6 Å². The number of piperidine rings is 1. The molecule has 7 heteroatoms. The zero-order valence-electron chi connectivity index (χ0n) is 13.9. The third kappa shape index (κ3) is 4.87. The molecule has 24 heavy (non-hydrogen) atoms. The SMILES string of the molecule is CCCOc1ccc(C(F)(F)F)cc1NC(=O)[C@H]1CCN[C@@H](C)C1. The molecule has 0 aliphatic carbocycles. The molecule has 0 saturated carbocycles. The van der Waals surface area contributed by atoms with Gasteiger partial charge in [-0.1, -0.05) is 6.92 Å². The number of halogens is 3. The van der Waals surface area contributed by atoms with Crippen LogP contribution in [0.3, 0.4) is 0 Å². The third-order valence-corrected chi connectivity index (χ3v) is 4.02. The summed E-state index contributed by atoms with van der Waals surface area (Å²) in [6, 6.07) is 3.38. The average molecular weight is 344 g/mol. The molecule has 2 N–H and O–H groups in total. The Bertz CT molecular complexity index is 575. The van der Waals surface area contributed by atoms with Crippen LogP contribution in [-0.2, 0) is 11.0 Å². The summed E-state index contributed by atoms with van der Waals surface area (Å²) in [5.74, 6) is -0.209. The lowest BCUT2D eigenvalue weighted by Gasteiger charge is -2.27. The van der Waals surface area contributed by atoms with Crippen LogP contribution in [0.1, 0.15) is 38.7 Å². The molecule has 0 bridgehead atoms. The summed E-state index contributed by atoms with van der Waals surface area (Å²) < 4.78 is 44.3. The molecule has 1 heterocycles. The number of amides is 1. The number of anilines is 1. The zero-order chi connectivity index (χ0) is 17.7. The topological polar surface area (TPSA) is 50.4 Å². The minimum absolute atomic E-state index is 0.0782. The summed E-state index contributed by atoms with van der Waals surface area (Å²) in [5.41, 5.74) is -0.727. The number of carbonyl (C=O) groups excluding carboxylic acids is 1. The summed E-state index contributed by atoms with van der Waals surface area (Å²) in [6.45, 7) is 4.98. The summed E-state index contributed by atoms with van der Waals surface area (Å²) in [7, 11) is 0. The highest BCUT2D eigenvalue weighted by atomic mass is 19.4. The van der Waals surface area contributed by atoms with Crippen molar-refractivity contribution in [2.45, 2.75) is 45.3 Å². The van der Waals surface area contributed by atoms with E-state index in [4.69, 9.17) is 4.74 Å². The number of alkyl halides is 3. The van der Waals surface area contributed by atoms with Crippen molar-refractivity contribution in [3.05, 3.63) is 23.8 Å². The van der Waals surface area contributed by atoms with Crippen molar-refractivity contribution in [3.63, 3.8) is 0 Å². The maximum atomic E-state index is 12.9. The molecule has 134 valence electrons. The second-order valence-corrected chi connectivity index (χ2v) is 6.12. The van der Waals surface area contributed by atoms with E-state index in [0.29, 0.717) is 19.4 Å². The minimum atomic E-state index is -4.47. The lowest BCUT2D eigenvalue weighted by atomic mass is 9.92. The summed E-state index contributed by atoms with van der Waals surface area (Å²) in [6.07, 6.45) is -2.41. The van der Waals surface area contributed by atoms with Crippen LogP contribution < -0.4 is 15.4 Å². The fraction of sp³-hybridized carbons (Fsp3) is 0.588. The van der Waals surface area contributed by atoms with E-state index in [1.807, 2.05) is 13.8 Å². The molecular formula is C17H23F3N2O2. The van der Waals surface area contributed by atoms with Crippen LogP contribution in [0.25, 0.3) is 0 Å². The van der Waals surface area contributed by atoms with Crippen LogP contribution in [0.4, 0.5) is 18.9 Å². The largest absolute Gasteiger partial charge is 0.491 e. The van der Waals surface area contributed by atoms with Gasteiger partial charge in [0.15, 0.2) is 0 Å². The van der Waals surface area contributed by atoms with Crippen molar-refractivity contribution in [1.29, 1.82) is 0 Å². The van der Waals surface area contributed by atoms with Gasteiger partial charge in [0.1, 0.15) is 5.75 Å². The van der Waals surface area contributed by atoms with Gasteiger partial charge < -0.3 is 15.4 Å². The molecule has 1 fully saturated rings. The quantitative estimate of drug-likeness (QED) is 0.854. The van der Waals surface area contributed by atoms with Crippen molar-refractivity contribution >= 4 is 11.6 Å². The van der Waals surface area contributed by atoms with Gasteiger partial charge in [0.2, 0.25) is 5.91 Å². The smallest absolute Gasteiger partial charge is 0.416 e. The molecule has 0 spiro atoms. The molecule has 0 aromatic heterocycles. The number of benzene rings is 1. The second-order valence-electron chi connectivity index (χ2n) is 6.12. The van der Waals surface area contributed by atoms with Crippen LogP contribution >= 0.6 is 0 Å². The molecule has 1 aliphatic heterocycles. The fourth-order valence-corrected chi connectivity index (χ4v) is 2.75. The molecule has 0 radical (unpaired) electrons. The number of ether oxygens (including phenoxy) is 1. The molecule has 2 atom stereocenters. The molecule has 1 aromatic carbocycles. The normalized spacial score (nSPS) is 21.4. The van der Waals surface area contributed by atoms with E-state index in [0.717, 1.165) is 25.1 Å². The standard InChI is InChI=1S/C17H23F3N2O2/c1-3-8-24-15-5-4-13(17(18,19)20)10-14(15)22-16(23)12-6-7-21-11(2)9-12/h4-5,10-12,21H,3,6-9H2,1-2H3,(H,22,23)/t11-,12-/m0/s1. The number of carbonyl (C=O) groups is 1. The summed E-state index contributed by atoms with van der Waals surface area (Å²) in [5, 5.41) is 5.88. The molecule has 1 saturated heterocycles. The van der Waals surface area contributed by atoms with Crippen molar-refractivity contribution in [2.75, 3.05) is 18.5 Å². The van der Waals surface area contributed by atoms with Crippen molar-refractivity contribution in [2.24, 2.45) is 5.92 Å². The molecule has 1 aromatic rings. The van der Waals surface area contributed by atoms with Gasteiger partial charge >= 0.3 is 6.18 Å². The lowest BCUT2D eigenvalue weighted by molar-refractivity contribution is -0.137. The second kappa shape index (κ2) is 7.88. The van der Waals surface area contributed by atoms with Gasteiger partial charge in [-0.25, -0.2) is 0 Å². The first kappa shape index (κ1) is 18.6. The van der Waals surface area contributed by atoms with Gasteiger partial charge in [-0.05, 0) is 50.9 Å². The van der Waals surface area contributed by atoms with E-state index in [9.17, 15) is 18.0 Å². The number of nitrogens with one attached hydrogen (secondary N) is 2. The molecule has 0 unspecified atom stereocenters. The highest BCUT2D eigenvalue weighted by Gasteiger charge is 2.32. The van der Waals surface area contributed by atoms with E-state index >= 15 is 0 Å². The Morgan fingerprint density at radius 2 is 2.17 bits per heavy atom. The third-order valence-electron chi connectivity index (χ3n) is 4.02. The van der Waals surface area contributed by atoms with Gasteiger partial charge in [0.05, 0.1) is 17.9 Å². The first-order valence-corrected chi connectivity index (χ1v) is 8.19. The van der Waals surface area contributed by atoms with Gasteiger partial charge in [-0.2, -0.15) is 13.2 Å². The Balaban J connectivity index is 2.19. The zero-order valence-corrected chi connectivity index (χ0v) is 13.9. The first-order chi connectivity index (χ1) is 11.3. The number of hydrogen-bond acceptors (Lipinski definition) is 3. The average Bonchev–Trinajstić information content (AvgIpc) is 2.52. The van der Waals surface area contributed by atoms with Crippen LogP contribution in [0, 0.1) is 5.92 Å². The van der Waals surface area contributed by atoms with E-state index in [-0.39, 0.29) is 29.3 Å². The Morgan fingerprint density at radius 3 is 2.79 bits per heavy atom. The predicted octanol–water partition coefficient (Wildman–Crippen LogP) is 3.82. The van der Waals surface area contributed by atoms with Crippen LogP contribution in [0.2, 0.25) is 0 Å². The lowest BCUT2D eigenvalue weighted by Crippen LogP contribution is -2.40. The molecule has 1 amide bonds. The van der Waals surface area contributed by atoms with E-state index in [1.54, 1.807) is 0 Å². The summed E-state index contributed by atoms with van der Waals surface area (Å²) in [4.78, 5) is 12.4. The predicted molar refractivity (Wildman–Crippen MR) is 86.0 cm³/mol. The minimum Gasteiger partial charge on any atom is -0.491 e. The Hall–Kier alpha value is -1.76. The van der Waals surface area contributed by atoms with Crippen molar-refractivity contribution < 1.29 is 22.7 Å². The Labute approximate surface area is 139 Å². The first-order valence-electron chi connectivity index (χ1n) is 8.19. The highest BCUT2D eigenvalue weighted by molar-refractivity contribution is 5.94. The van der Waals surface area contributed by atoms with Gasteiger partial charge in [-0.15, -0.1) is 0 Å². The number of rotatable bonds is 5. The monoisotopic (exact) mass is 344 g/mol. The molecular weight excluding hydrogens is 321 g/mol. The maximum absolute atomic E-state index is 12.9. The van der Waals surface area contributed by atoms with Crippen LogP contribution in [-0.4, -0.2) is 25.1 Å². The summed E-state index contributed by atoms with van der Waals surface area (Å²) >= 11 is 0. The molecule has 2 rings (SSSR count). The fourth-order valence-electron chi connectivity index (χ4n) is 2.75. The maximum Gasteiger partial charge on any atom is 0.416 e. The Morgan fingerprint density at radius 1 is 1.42 bits per heavy atom. The van der Waals surface area contributed by atoms with E-state index in [1.165, 1.54) is 6.07 Å². The Kier molecular flexibility index (Phi) is 6.10. The molecule has 4 nitrogen and oxygen atoms in total. The van der Waals surface area contributed by atoms with E-state index < -0.39 is 11.7 Å². The van der Waals surface area contributed by atoms with Gasteiger partial charge in [0, 0.05) is 12.0 Å². The van der Waals surface area contributed by atoms with Gasteiger partial charge in [-0.3, -0.25) is 4.79 Å². The molecule has 1 aliphatic rings. The van der Waals surface area contributed by atoms with Crippen molar-refractivity contribution in [1.82, 2.24) is 5.32 Å². The number of hydrogen-bond donors (Lipinski definition) is 2. The van der Waals surface area contributed by atoms with Gasteiger partial charge in [0.25, 0.3) is 0 Å².